The van der Waals surface area contributed by atoms with Crippen molar-refractivity contribution in [3.05, 3.63) is 17.5 Å². The van der Waals surface area contributed by atoms with E-state index in [0.717, 1.165) is 30.8 Å². The van der Waals surface area contributed by atoms with Crippen molar-refractivity contribution in [3.8, 4) is 0 Å². The van der Waals surface area contributed by atoms with Crippen molar-refractivity contribution in [2.45, 2.75) is 71.9 Å². The number of nitrogens with zero attached hydrogens (tertiary/aromatic N) is 2. The van der Waals surface area contributed by atoms with Crippen molar-refractivity contribution in [1.82, 2.24) is 9.78 Å². The highest BCUT2D eigenvalue weighted by atomic mass is 16.3. The number of aliphatic hydroxyl groups is 1. The molecule has 0 saturated heterocycles. The van der Waals surface area contributed by atoms with Crippen LogP contribution < -0.4 is 0 Å². The molecule has 1 aliphatic rings. The fraction of sp³-hybridized carbons (Fsp3) is 0.812. The lowest BCUT2D eigenvalue weighted by atomic mass is 9.74. The first kappa shape index (κ1) is 14.6. The zero-order chi connectivity index (χ0) is 13.8. The van der Waals surface area contributed by atoms with Crippen LogP contribution >= 0.6 is 0 Å². The average molecular weight is 264 g/mol. The van der Waals surface area contributed by atoms with Crippen LogP contribution in [-0.2, 0) is 13.0 Å². The second-order valence-corrected chi connectivity index (χ2v) is 5.79. The van der Waals surface area contributed by atoms with Gasteiger partial charge in [-0.25, -0.2) is 0 Å². The van der Waals surface area contributed by atoms with E-state index in [4.69, 9.17) is 0 Å². The van der Waals surface area contributed by atoms with E-state index in [1.807, 2.05) is 4.68 Å². The molecule has 19 heavy (non-hydrogen) atoms. The Bertz CT molecular complexity index is 399. The minimum atomic E-state index is -0.335. The SMILES string of the molecule is CCc1cc(C(O)C2CCCCC2CC)n(CC)n1. The molecule has 1 heterocycles. The minimum Gasteiger partial charge on any atom is -0.387 e. The van der Waals surface area contributed by atoms with Gasteiger partial charge in [0.15, 0.2) is 0 Å². The Hall–Kier alpha value is -0.830. The second-order valence-electron chi connectivity index (χ2n) is 5.79. The first-order chi connectivity index (χ1) is 9.21. The van der Waals surface area contributed by atoms with Crippen LogP contribution in [0.5, 0.6) is 0 Å². The Kier molecular flexibility index (Phi) is 5.03. The van der Waals surface area contributed by atoms with Gasteiger partial charge in [-0.3, -0.25) is 4.68 Å². The third-order valence-corrected chi connectivity index (χ3v) is 4.72. The number of aromatic nitrogens is 2. The normalized spacial score (nSPS) is 25.5. The summed E-state index contributed by atoms with van der Waals surface area (Å²) in [5.41, 5.74) is 2.13. The first-order valence-corrected chi connectivity index (χ1v) is 7.95. The van der Waals surface area contributed by atoms with Gasteiger partial charge in [0.25, 0.3) is 0 Å². The van der Waals surface area contributed by atoms with Crippen molar-refractivity contribution in [1.29, 1.82) is 0 Å². The molecule has 0 aromatic carbocycles. The molecule has 0 aliphatic heterocycles. The average Bonchev–Trinajstić information content (AvgIpc) is 2.89. The van der Waals surface area contributed by atoms with Gasteiger partial charge in [0.1, 0.15) is 0 Å². The highest BCUT2D eigenvalue weighted by Crippen LogP contribution is 2.40. The number of rotatable bonds is 5. The van der Waals surface area contributed by atoms with Crippen LogP contribution in [0.25, 0.3) is 0 Å². The quantitative estimate of drug-likeness (QED) is 0.880. The Morgan fingerprint density at radius 2 is 2.05 bits per heavy atom. The van der Waals surface area contributed by atoms with Gasteiger partial charge >= 0.3 is 0 Å². The number of aliphatic hydroxyl groups excluding tert-OH is 1. The lowest BCUT2D eigenvalue weighted by Crippen LogP contribution is -2.26. The molecule has 1 saturated carbocycles. The summed E-state index contributed by atoms with van der Waals surface area (Å²) in [6, 6.07) is 2.11. The summed E-state index contributed by atoms with van der Waals surface area (Å²) < 4.78 is 1.99. The van der Waals surface area contributed by atoms with Crippen LogP contribution in [0.2, 0.25) is 0 Å². The van der Waals surface area contributed by atoms with Crippen molar-refractivity contribution >= 4 is 0 Å². The lowest BCUT2D eigenvalue weighted by molar-refractivity contribution is 0.0389. The third kappa shape index (κ3) is 3.02. The second kappa shape index (κ2) is 6.56. The van der Waals surface area contributed by atoms with Crippen LogP contribution in [0.4, 0.5) is 0 Å². The summed E-state index contributed by atoms with van der Waals surface area (Å²) in [6.45, 7) is 7.31. The van der Waals surface area contributed by atoms with Crippen molar-refractivity contribution < 1.29 is 5.11 Å². The van der Waals surface area contributed by atoms with Gasteiger partial charge in [-0.15, -0.1) is 0 Å². The molecule has 3 heteroatoms. The molecule has 3 nitrogen and oxygen atoms in total. The largest absolute Gasteiger partial charge is 0.387 e. The van der Waals surface area contributed by atoms with Gasteiger partial charge in [-0.2, -0.15) is 5.10 Å². The fourth-order valence-corrected chi connectivity index (χ4v) is 3.53. The third-order valence-electron chi connectivity index (χ3n) is 4.72. The molecule has 1 aliphatic carbocycles. The van der Waals surface area contributed by atoms with Gasteiger partial charge in [0, 0.05) is 6.54 Å². The molecular weight excluding hydrogens is 236 g/mol. The smallest absolute Gasteiger partial charge is 0.0987 e. The zero-order valence-electron chi connectivity index (χ0n) is 12.6. The summed E-state index contributed by atoms with van der Waals surface area (Å²) in [7, 11) is 0. The van der Waals surface area contributed by atoms with Crippen LogP contribution in [0, 0.1) is 11.8 Å². The molecule has 0 radical (unpaired) electrons. The Balaban J connectivity index is 2.21. The van der Waals surface area contributed by atoms with E-state index in [2.05, 4.69) is 31.9 Å². The monoisotopic (exact) mass is 264 g/mol. The van der Waals surface area contributed by atoms with Gasteiger partial charge < -0.3 is 5.11 Å². The lowest BCUT2D eigenvalue weighted by Gasteiger charge is -2.34. The molecular formula is C16H28N2O. The molecule has 108 valence electrons. The topological polar surface area (TPSA) is 38.0 Å². The number of hydrogen-bond donors (Lipinski definition) is 1. The van der Waals surface area contributed by atoms with Crippen LogP contribution in [0.1, 0.15) is 70.4 Å². The molecule has 2 rings (SSSR count). The van der Waals surface area contributed by atoms with Gasteiger partial charge in [-0.1, -0.05) is 39.5 Å². The van der Waals surface area contributed by atoms with Crippen LogP contribution in [0.3, 0.4) is 0 Å². The molecule has 0 bridgehead atoms. The Morgan fingerprint density at radius 3 is 2.68 bits per heavy atom. The van der Waals surface area contributed by atoms with E-state index in [-0.39, 0.29) is 6.10 Å². The maximum Gasteiger partial charge on any atom is 0.0987 e. The standard InChI is InChI=1S/C16H28N2O/c1-4-12-9-7-8-10-14(12)16(19)15-11-13(5-2)17-18(15)6-3/h11-12,14,16,19H,4-10H2,1-3H3. The summed E-state index contributed by atoms with van der Waals surface area (Å²) in [4.78, 5) is 0. The van der Waals surface area contributed by atoms with E-state index < -0.39 is 0 Å². The van der Waals surface area contributed by atoms with E-state index in [9.17, 15) is 5.11 Å². The predicted octanol–water partition coefficient (Wildman–Crippen LogP) is 3.72. The maximum absolute atomic E-state index is 10.8. The first-order valence-electron chi connectivity index (χ1n) is 7.95. The highest BCUT2D eigenvalue weighted by molar-refractivity contribution is 5.14. The molecule has 3 unspecified atom stereocenters. The van der Waals surface area contributed by atoms with Gasteiger partial charge in [0.2, 0.25) is 0 Å². The van der Waals surface area contributed by atoms with E-state index in [1.54, 1.807) is 0 Å². The summed E-state index contributed by atoms with van der Waals surface area (Å²) in [5.74, 6) is 1.10. The van der Waals surface area contributed by atoms with Crippen molar-refractivity contribution in [2.24, 2.45) is 11.8 Å². The summed E-state index contributed by atoms with van der Waals surface area (Å²) >= 11 is 0. The predicted molar refractivity (Wildman–Crippen MR) is 78.0 cm³/mol. The highest BCUT2D eigenvalue weighted by Gasteiger charge is 2.32. The molecule has 3 atom stereocenters. The molecule has 0 amide bonds. The molecule has 1 aromatic rings. The number of aryl methyl sites for hydroxylation is 2. The van der Waals surface area contributed by atoms with Crippen LogP contribution in [0.15, 0.2) is 6.07 Å². The molecule has 1 N–H and O–H groups in total. The Morgan fingerprint density at radius 1 is 1.32 bits per heavy atom. The van der Waals surface area contributed by atoms with Crippen molar-refractivity contribution in [2.75, 3.05) is 0 Å². The van der Waals surface area contributed by atoms with Gasteiger partial charge in [-0.05, 0) is 37.7 Å². The Labute approximate surface area is 117 Å². The van der Waals surface area contributed by atoms with E-state index in [0.29, 0.717) is 11.8 Å². The van der Waals surface area contributed by atoms with Gasteiger partial charge in [0.05, 0.1) is 17.5 Å². The van der Waals surface area contributed by atoms with E-state index in [1.165, 1.54) is 25.7 Å². The summed E-state index contributed by atoms with van der Waals surface area (Å²) in [5, 5.41) is 15.4. The molecule has 0 spiro atoms. The molecule has 1 fully saturated rings. The van der Waals surface area contributed by atoms with Crippen LogP contribution in [-0.4, -0.2) is 14.9 Å². The number of hydrogen-bond acceptors (Lipinski definition) is 2. The maximum atomic E-state index is 10.8. The summed E-state index contributed by atoms with van der Waals surface area (Å²) in [6.07, 6.45) is 6.82. The van der Waals surface area contributed by atoms with Crippen molar-refractivity contribution in [3.63, 3.8) is 0 Å². The fourth-order valence-electron chi connectivity index (χ4n) is 3.53. The molecule has 1 aromatic heterocycles. The van der Waals surface area contributed by atoms with E-state index >= 15 is 0 Å². The minimum absolute atomic E-state index is 0.335. The zero-order valence-corrected chi connectivity index (χ0v) is 12.6.